The summed E-state index contributed by atoms with van der Waals surface area (Å²) >= 11 is 0. The third-order valence-corrected chi connectivity index (χ3v) is 3.54. The first-order valence-electron chi connectivity index (χ1n) is 5.72. The Morgan fingerprint density at radius 2 is 2.29 bits per heavy atom. The Balaban J connectivity index is 2.07. The molecule has 4 N–H and O–H groups in total. The summed E-state index contributed by atoms with van der Waals surface area (Å²) in [6.07, 6.45) is 0.924. The minimum atomic E-state index is -0.187. The van der Waals surface area contributed by atoms with Crippen molar-refractivity contribution in [1.82, 2.24) is 5.32 Å². The van der Waals surface area contributed by atoms with Crippen molar-refractivity contribution in [3.63, 3.8) is 0 Å². The number of fused-ring (bicyclic) bond motifs is 3. The number of nitrogen functional groups attached to an aromatic ring is 1. The predicted molar refractivity (Wildman–Crippen MR) is 65.2 cm³/mol. The van der Waals surface area contributed by atoms with Crippen molar-refractivity contribution in [3.8, 4) is 5.75 Å². The highest BCUT2D eigenvalue weighted by atomic mass is 16.5. The second-order valence-corrected chi connectivity index (χ2v) is 4.49. The number of hydrogen-bond acceptors (Lipinski definition) is 4. The van der Waals surface area contributed by atoms with Crippen molar-refractivity contribution < 1.29 is 9.53 Å². The Kier molecular flexibility index (Phi) is 2.14. The Labute approximate surface area is 99.3 Å². The topological polar surface area (TPSA) is 76.4 Å². The fourth-order valence-electron chi connectivity index (χ4n) is 2.75. The monoisotopic (exact) mass is 233 g/mol. The van der Waals surface area contributed by atoms with Crippen molar-refractivity contribution in [2.45, 2.75) is 18.4 Å². The number of anilines is 2. The number of rotatable bonds is 1. The lowest BCUT2D eigenvalue weighted by molar-refractivity contribution is -0.123. The molecule has 2 heterocycles. The van der Waals surface area contributed by atoms with Gasteiger partial charge < -0.3 is 21.1 Å². The van der Waals surface area contributed by atoms with Gasteiger partial charge in [-0.15, -0.1) is 0 Å². The number of hydrogen-bond donors (Lipinski definition) is 3. The van der Waals surface area contributed by atoms with E-state index in [1.165, 1.54) is 0 Å². The first-order chi connectivity index (χ1) is 8.20. The summed E-state index contributed by atoms with van der Waals surface area (Å²) in [7, 11) is 1.61. The Hall–Kier alpha value is -1.91. The van der Waals surface area contributed by atoms with Crippen LogP contribution in [0.4, 0.5) is 11.4 Å². The molecule has 1 aromatic carbocycles. The molecule has 17 heavy (non-hydrogen) atoms. The van der Waals surface area contributed by atoms with E-state index in [9.17, 15) is 4.79 Å². The molecule has 0 aliphatic carbocycles. The normalized spacial score (nSPS) is 25.6. The van der Waals surface area contributed by atoms with Crippen molar-refractivity contribution >= 4 is 17.3 Å². The Morgan fingerprint density at radius 1 is 1.47 bits per heavy atom. The van der Waals surface area contributed by atoms with Gasteiger partial charge in [-0.2, -0.15) is 0 Å². The summed E-state index contributed by atoms with van der Waals surface area (Å²) in [5, 5.41) is 6.09. The van der Waals surface area contributed by atoms with Crippen LogP contribution in [0.3, 0.4) is 0 Å². The number of nitrogens with one attached hydrogen (secondary N) is 2. The Bertz CT molecular complexity index is 487. The highest BCUT2D eigenvalue weighted by Crippen LogP contribution is 2.44. The first-order valence-corrected chi connectivity index (χ1v) is 5.72. The number of benzene rings is 1. The maximum absolute atomic E-state index is 11.8. The van der Waals surface area contributed by atoms with E-state index in [4.69, 9.17) is 10.5 Å². The number of ether oxygens (including phenoxy) is 1. The van der Waals surface area contributed by atoms with Crippen LogP contribution in [0.5, 0.6) is 5.75 Å². The minimum absolute atomic E-state index is 0.0517. The largest absolute Gasteiger partial charge is 0.497 e. The van der Waals surface area contributed by atoms with E-state index < -0.39 is 0 Å². The molecule has 1 fully saturated rings. The van der Waals surface area contributed by atoms with Crippen LogP contribution in [0.25, 0.3) is 0 Å². The van der Waals surface area contributed by atoms with Crippen molar-refractivity contribution in [3.05, 3.63) is 17.7 Å². The molecule has 2 aliphatic rings. The molecule has 5 nitrogen and oxygen atoms in total. The molecule has 2 unspecified atom stereocenters. The van der Waals surface area contributed by atoms with Crippen molar-refractivity contribution in [2.24, 2.45) is 0 Å². The third kappa shape index (κ3) is 1.42. The fraction of sp³-hybridized carbons (Fsp3) is 0.417. The van der Waals surface area contributed by atoms with Gasteiger partial charge in [-0.1, -0.05) is 0 Å². The summed E-state index contributed by atoms with van der Waals surface area (Å²) in [5.41, 5.74) is 8.74. The molecule has 2 atom stereocenters. The molecule has 1 aromatic rings. The summed E-state index contributed by atoms with van der Waals surface area (Å²) in [4.78, 5) is 11.8. The molecule has 0 radical (unpaired) electrons. The molecule has 0 aromatic heterocycles. The standard InChI is InChI=1S/C12H15N3O2/c1-17-6-4-8(13)10-7-2-3-14-12(16)11(7)15-9(10)5-6/h4-5,7,11,15H,2-3,13H2,1H3,(H,14,16). The molecule has 0 saturated carbocycles. The molecule has 1 amide bonds. The maximum Gasteiger partial charge on any atom is 0.243 e. The molecule has 90 valence electrons. The lowest BCUT2D eigenvalue weighted by Gasteiger charge is -2.25. The number of carbonyl (C=O) groups excluding carboxylic acids is 1. The molecule has 3 rings (SSSR count). The summed E-state index contributed by atoms with van der Waals surface area (Å²) in [6.45, 7) is 0.715. The van der Waals surface area contributed by atoms with E-state index in [1.54, 1.807) is 7.11 Å². The number of carbonyl (C=O) groups is 1. The molecular weight excluding hydrogens is 218 g/mol. The minimum Gasteiger partial charge on any atom is -0.497 e. The van der Waals surface area contributed by atoms with Gasteiger partial charge >= 0.3 is 0 Å². The second kappa shape index (κ2) is 3.55. The van der Waals surface area contributed by atoms with Crippen LogP contribution >= 0.6 is 0 Å². The van der Waals surface area contributed by atoms with E-state index in [2.05, 4.69) is 10.6 Å². The van der Waals surface area contributed by atoms with Gasteiger partial charge in [0, 0.05) is 41.5 Å². The molecular formula is C12H15N3O2. The predicted octanol–water partition coefficient (Wildman–Crippen LogP) is 0.675. The van der Waals surface area contributed by atoms with Crippen molar-refractivity contribution in [2.75, 3.05) is 24.7 Å². The average Bonchev–Trinajstić information content (AvgIpc) is 2.69. The number of amides is 1. The van der Waals surface area contributed by atoms with Gasteiger partial charge in [-0.05, 0) is 6.42 Å². The SMILES string of the molecule is COc1cc(N)c2c(c1)NC1C(=O)NCCC21. The lowest BCUT2D eigenvalue weighted by Crippen LogP contribution is -2.46. The average molecular weight is 233 g/mol. The summed E-state index contributed by atoms with van der Waals surface area (Å²) < 4.78 is 5.18. The van der Waals surface area contributed by atoms with Crippen LogP contribution in [0.15, 0.2) is 12.1 Å². The fourth-order valence-corrected chi connectivity index (χ4v) is 2.75. The van der Waals surface area contributed by atoms with Gasteiger partial charge in [0.05, 0.1) is 7.11 Å². The van der Waals surface area contributed by atoms with E-state index in [0.717, 1.165) is 17.7 Å². The first kappa shape index (κ1) is 10.3. The van der Waals surface area contributed by atoms with Gasteiger partial charge in [0.15, 0.2) is 0 Å². The van der Waals surface area contributed by atoms with Gasteiger partial charge in [-0.3, -0.25) is 4.79 Å². The smallest absolute Gasteiger partial charge is 0.243 e. The number of nitrogens with two attached hydrogens (primary N) is 1. The van der Waals surface area contributed by atoms with Gasteiger partial charge in [0.2, 0.25) is 5.91 Å². The van der Waals surface area contributed by atoms with Gasteiger partial charge in [-0.25, -0.2) is 0 Å². The zero-order valence-corrected chi connectivity index (χ0v) is 9.62. The second-order valence-electron chi connectivity index (χ2n) is 4.49. The quantitative estimate of drug-likeness (QED) is 0.623. The summed E-state index contributed by atoms with van der Waals surface area (Å²) in [5.74, 6) is 0.952. The van der Waals surface area contributed by atoms with Crippen LogP contribution in [0.2, 0.25) is 0 Å². The maximum atomic E-state index is 11.8. The number of piperidine rings is 1. The molecule has 0 spiro atoms. The highest BCUT2D eigenvalue weighted by Gasteiger charge is 2.40. The molecule has 1 saturated heterocycles. The zero-order valence-electron chi connectivity index (χ0n) is 9.62. The van der Waals surface area contributed by atoms with Gasteiger partial charge in [0.1, 0.15) is 11.8 Å². The third-order valence-electron chi connectivity index (χ3n) is 3.54. The van der Waals surface area contributed by atoms with Crippen LogP contribution < -0.4 is 21.1 Å². The molecule has 2 aliphatic heterocycles. The van der Waals surface area contributed by atoms with Crippen LogP contribution in [0, 0.1) is 0 Å². The molecule has 5 heteroatoms. The van der Waals surface area contributed by atoms with E-state index in [0.29, 0.717) is 18.0 Å². The van der Waals surface area contributed by atoms with Crippen LogP contribution in [-0.4, -0.2) is 25.6 Å². The molecule has 0 bridgehead atoms. The Morgan fingerprint density at radius 3 is 3.06 bits per heavy atom. The summed E-state index contributed by atoms with van der Waals surface area (Å²) in [6, 6.07) is 3.53. The van der Waals surface area contributed by atoms with Gasteiger partial charge in [0.25, 0.3) is 0 Å². The number of methoxy groups -OCH3 is 1. The highest BCUT2D eigenvalue weighted by molar-refractivity contribution is 5.91. The van der Waals surface area contributed by atoms with Crippen LogP contribution in [0.1, 0.15) is 17.9 Å². The zero-order chi connectivity index (χ0) is 12.0. The lowest BCUT2D eigenvalue weighted by atomic mass is 9.88. The van der Waals surface area contributed by atoms with E-state index in [-0.39, 0.29) is 17.9 Å². The van der Waals surface area contributed by atoms with E-state index >= 15 is 0 Å². The van der Waals surface area contributed by atoms with E-state index in [1.807, 2.05) is 12.1 Å². The van der Waals surface area contributed by atoms with Crippen molar-refractivity contribution in [1.29, 1.82) is 0 Å². The van der Waals surface area contributed by atoms with Crippen LogP contribution in [-0.2, 0) is 4.79 Å².